The zero-order valence-corrected chi connectivity index (χ0v) is 13.1. The van der Waals surface area contributed by atoms with E-state index in [1.165, 1.54) is 44.9 Å². The molecule has 7 atom stereocenters. The maximum Gasteiger partial charge on any atom is 0.0922 e. The lowest BCUT2D eigenvalue weighted by Crippen LogP contribution is -2.56. The van der Waals surface area contributed by atoms with Crippen LogP contribution in [0.1, 0.15) is 71.6 Å². The van der Waals surface area contributed by atoms with Gasteiger partial charge >= 0.3 is 0 Å². The SMILES string of the molecule is C[C@@]12CCC1C1CC[C@H]3CC(N=O)CC[C@]3(C)C1CC2. The average molecular weight is 275 g/mol. The van der Waals surface area contributed by atoms with E-state index in [0.717, 1.165) is 36.5 Å². The van der Waals surface area contributed by atoms with Crippen molar-refractivity contribution in [2.24, 2.45) is 39.7 Å². The predicted molar refractivity (Wildman–Crippen MR) is 81.3 cm³/mol. The summed E-state index contributed by atoms with van der Waals surface area (Å²) >= 11 is 0. The molecule has 4 fully saturated rings. The van der Waals surface area contributed by atoms with Crippen LogP contribution in [0.3, 0.4) is 0 Å². The van der Waals surface area contributed by atoms with Crippen molar-refractivity contribution in [1.29, 1.82) is 0 Å². The van der Waals surface area contributed by atoms with E-state index in [2.05, 4.69) is 19.0 Å². The van der Waals surface area contributed by atoms with Crippen LogP contribution in [0.25, 0.3) is 0 Å². The van der Waals surface area contributed by atoms with E-state index < -0.39 is 0 Å². The number of hydrogen-bond acceptors (Lipinski definition) is 2. The van der Waals surface area contributed by atoms with E-state index in [-0.39, 0.29) is 6.04 Å². The Bertz CT molecular complexity index is 422. The largest absolute Gasteiger partial charge is 0.151 e. The van der Waals surface area contributed by atoms with Crippen molar-refractivity contribution in [2.75, 3.05) is 0 Å². The summed E-state index contributed by atoms with van der Waals surface area (Å²) < 4.78 is 0. The van der Waals surface area contributed by atoms with E-state index >= 15 is 0 Å². The Balaban J connectivity index is 1.59. The molecule has 0 saturated heterocycles. The van der Waals surface area contributed by atoms with Gasteiger partial charge < -0.3 is 0 Å². The summed E-state index contributed by atoms with van der Waals surface area (Å²) in [6.45, 7) is 5.12. The fourth-order valence-electron chi connectivity index (χ4n) is 6.87. The summed E-state index contributed by atoms with van der Waals surface area (Å²) in [7, 11) is 0. The topological polar surface area (TPSA) is 29.4 Å². The van der Waals surface area contributed by atoms with Crippen molar-refractivity contribution < 1.29 is 0 Å². The first-order valence-corrected chi connectivity index (χ1v) is 8.89. The molecule has 112 valence electrons. The standard InChI is InChI=1S/C18H29NO/c1-17-8-6-15(17)14-4-3-12-11-13(19-20)5-10-18(12,2)16(14)7-9-17/h12-16H,3-11H2,1-2H3/t12-,13?,14?,15?,16?,17-,18-/m0/s1. The molecule has 4 saturated carbocycles. The highest BCUT2D eigenvalue weighted by molar-refractivity contribution is 5.09. The number of nitrogens with zero attached hydrogens (tertiary/aromatic N) is 1. The number of rotatable bonds is 1. The Kier molecular flexibility index (Phi) is 2.86. The first-order valence-electron chi connectivity index (χ1n) is 8.89. The molecule has 0 spiro atoms. The van der Waals surface area contributed by atoms with Gasteiger partial charge in [0.25, 0.3) is 0 Å². The van der Waals surface area contributed by atoms with E-state index in [0.29, 0.717) is 10.8 Å². The first kappa shape index (κ1) is 13.3. The molecule has 0 aromatic heterocycles. The smallest absolute Gasteiger partial charge is 0.0922 e. The summed E-state index contributed by atoms with van der Waals surface area (Å²) in [6.07, 6.45) is 12.1. The second-order valence-corrected chi connectivity index (χ2v) is 8.92. The van der Waals surface area contributed by atoms with Crippen LogP contribution in [0.5, 0.6) is 0 Å². The van der Waals surface area contributed by atoms with Gasteiger partial charge in [-0.2, -0.15) is 4.91 Å². The van der Waals surface area contributed by atoms with Crippen LogP contribution in [0.15, 0.2) is 5.18 Å². The molecule has 0 radical (unpaired) electrons. The molecule has 0 heterocycles. The summed E-state index contributed by atoms with van der Waals surface area (Å²) in [5.41, 5.74) is 1.23. The van der Waals surface area contributed by atoms with Gasteiger partial charge in [-0.3, -0.25) is 0 Å². The van der Waals surface area contributed by atoms with E-state index in [1.54, 1.807) is 0 Å². The zero-order valence-electron chi connectivity index (χ0n) is 13.1. The fraction of sp³-hybridized carbons (Fsp3) is 1.00. The van der Waals surface area contributed by atoms with Crippen molar-refractivity contribution in [1.82, 2.24) is 0 Å². The van der Waals surface area contributed by atoms with Crippen molar-refractivity contribution >= 4 is 0 Å². The third-order valence-corrected chi connectivity index (χ3v) is 8.33. The Morgan fingerprint density at radius 3 is 2.35 bits per heavy atom. The second-order valence-electron chi connectivity index (χ2n) is 8.92. The minimum atomic E-state index is 0.127. The highest BCUT2D eigenvalue weighted by Crippen LogP contribution is 2.67. The fourth-order valence-corrected chi connectivity index (χ4v) is 6.87. The van der Waals surface area contributed by atoms with Gasteiger partial charge in [0.1, 0.15) is 0 Å². The maximum atomic E-state index is 10.9. The van der Waals surface area contributed by atoms with Gasteiger partial charge in [-0.25, -0.2) is 0 Å². The van der Waals surface area contributed by atoms with Crippen LogP contribution < -0.4 is 0 Å². The second kappa shape index (κ2) is 4.30. The van der Waals surface area contributed by atoms with Crippen molar-refractivity contribution in [3.63, 3.8) is 0 Å². The minimum Gasteiger partial charge on any atom is -0.151 e. The molecule has 4 aliphatic rings. The molecule has 0 N–H and O–H groups in total. The third kappa shape index (κ3) is 1.63. The Morgan fingerprint density at radius 1 is 0.900 bits per heavy atom. The molecule has 0 aromatic carbocycles. The van der Waals surface area contributed by atoms with Crippen LogP contribution in [0, 0.1) is 39.4 Å². The molecule has 4 rings (SSSR count). The predicted octanol–water partition coefficient (Wildman–Crippen LogP) is 5.16. The van der Waals surface area contributed by atoms with Crippen molar-refractivity contribution in [2.45, 2.75) is 77.7 Å². The number of hydrogen-bond donors (Lipinski definition) is 0. The van der Waals surface area contributed by atoms with Gasteiger partial charge in [0, 0.05) is 0 Å². The Labute approximate surface area is 123 Å². The van der Waals surface area contributed by atoms with Crippen molar-refractivity contribution in [3.05, 3.63) is 4.91 Å². The van der Waals surface area contributed by atoms with Crippen LogP contribution in [-0.2, 0) is 0 Å². The van der Waals surface area contributed by atoms with Gasteiger partial charge in [0.2, 0.25) is 0 Å². The van der Waals surface area contributed by atoms with Crippen molar-refractivity contribution in [3.8, 4) is 0 Å². The summed E-state index contributed by atoms with van der Waals surface area (Å²) in [4.78, 5) is 10.9. The quantitative estimate of drug-likeness (QED) is 0.607. The first-order chi connectivity index (χ1) is 9.57. The number of fused-ring (bicyclic) bond motifs is 5. The lowest BCUT2D eigenvalue weighted by atomic mass is 9.40. The molecule has 2 heteroatoms. The van der Waals surface area contributed by atoms with Gasteiger partial charge in [-0.05, 0) is 92.3 Å². The Hall–Kier alpha value is -0.400. The molecule has 20 heavy (non-hydrogen) atoms. The highest BCUT2D eigenvalue weighted by atomic mass is 16.3. The van der Waals surface area contributed by atoms with Crippen LogP contribution >= 0.6 is 0 Å². The highest BCUT2D eigenvalue weighted by Gasteiger charge is 2.59. The molecule has 4 aliphatic carbocycles. The van der Waals surface area contributed by atoms with E-state index in [9.17, 15) is 4.91 Å². The molecule has 2 nitrogen and oxygen atoms in total. The van der Waals surface area contributed by atoms with E-state index in [1.807, 2.05) is 0 Å². The van der Waals surface area contributed by atoms with Crippen LogP contribution in [0.2, 0.25) is 0 Å². The van der Waals surface area contributed by atoms with Crippen LogP contribution in [-0.4, -0.2) is 6.04 Å². The molecule has 0 aliphatic heterocycles. The normalized spacial score (nSPS) is 57.8. The summed E-state index contributed by atoms with van der Waals surface area (Å²) in [5, 5.41) is 3.37. The third-order valence-electron chi connectivity index (χ3n) is 8.33. The minimum absolute atomic E-state index is 0.127. The Morgan fingerprint density at radius 2 is 1.65 bits per heavy atom. The molecule has 0 aromatic rings. The van der Waals surface area contributed by atoms with Gasteiger partial charge in [-0.1, -0.05) is 19.0 Å². The zero-order chi connectivity index (χ0) is 14.0. The number of nitroso groups, excluding NO2 is 1. The summed E-state index contributed by atoms with van der Waals surface area (Å²) in [6, 6.07) is 0.127. The van der Waals surface area contributed by atoms with E-state index in [4.69, 9.17) is 0 Å². The monoisotopic (exact) mass is 275 g/mol. The van der Waals surface area contributed by atoms with Gasteiger partial charge in [0.05, 0.1) is 6.04 Å². The molecular weight excluding hydrogens is 246 g/mol. The van der Waals surface area contributed by atoms with Gasteiger partial charge in [-0.15, -0.1) is 0 Å². The molecule has 0 amide bonds. The lowest BCUT2D eigenvalue weighted by molar-refractivity contribution is -0.150. The lowest BCUT2D eigenvalue weighted by Gasteiger charge is -2.65. The maximum absolute atomic E-state index is 10.9. The van der Waals surface area contributed by atoms with Crippen LogP contribution in [0.4, 0.5) is 0 Å². The molecule has 0 bridgehead atoms. The van der Waals surface area contributed by atoms with Gasteiger partial charge in [0.15, 0.2) is 0 Å². The summed E-state index contributed by atoms with van der Waals surface area (Å²) in [5.74, 6) is 3.77. The molecule has 4 unspecified atom stereocenters. The molecular formula is C18H29NO. The average Bonchev–Trinajstić information content (AvgIpc) is 2.43.